The number of benzene rings is 3. The molecule has 0 radical (unpaired) electrons. The van der Waals surface area contributed by atoms with Gasteiger partial charge < -0.3 is 4.90 Å². The standard InChI is InChI=1S/C27H23N3O3/c28-19-22-11-13-23(14-12-22)30-26(32)18-24(27(30)33)29(16-15-20-7-3-1-4-8-20)25(31)17-21-9-5-2-6-10-21/h1-14,24H,15-18H2. The number of carbonyl (C=O) groups is 3. The lowest BCUT2D eigenvalue weighted by molar-refractivity contribution is -0.137. The number of nitriles is 1. The molecule has 4 rings (SSSR count). The van der Waals surface area contributed by atoms with Crippen molar-refractivity contribution in [3.8, 4) is 6.07 Å². The Morgan fingerprint density at radius 3 is 2.12 bits per heavy atom. The molecule has 1 unspecified atom stereocenters. The summed E-state index contributed by atoms with van der Waals surface area (Å²) >= 11 is 0. The fourth-order valence-corrected chi connectivity index (χ4v) is 4.04. The minimum Gasteiger partial charge on any atom is -0.329 e. The van der Waals surface area contributed by atoms with E-state index < -0.39 is 11.9 Å². The Labute approximate surface area is 192 Å². The predicted octanol–water partition coefficient (Wildman–Crippen LogP) is 3.50. The van der Waals surface area contributed by atoms with Crippen LogP contribution in [0.2, 0.25) is 0 Å². The van der Waals surface area contributed by atoms with Gasteiger partial charge in [0.05, 0.1) is 30.2 Å². The van der Waals surface area contributed by atoms with Crippen LogP contribution in [0.15, 0.2) is 84.9 Å². The molecule has 1 atom stereocenters. The fourth-order valence-electron chi connectivity index (χ4n) is 4.04. The number of anilines is 1. The monoisotopic (exact) mass is 437 g/mol. The van der Waals surface area contributed by atoms with Crippen LogP contribution >= 0.6 is 0 Å². The van der Waals surface area contributed by atoms with Crippen LogP contribution < -0.4 is 4.90 Å². The first-order valence-electron chi connectivity index (χ1n) is 10.8. The van der Waals surface area contributed by atoms with Crippen molar-refractivity contribution in [3.63, 3.8) is 0 Å². The lowest BCUT2D eigenvalue weighted by Gasteiger charge is -2.28. The fraction of sp³-hybridized carbons (Fsp3) is 0.185. The Morgan fingerprint density at radius 2 is 1.52 bits per heavy atom. The zero-order valence-electron chi connectivity index (χ0n) is 18.1. The van der Waals surface area contributed by atoms with Gasteiger partial charge in [0.2, 0.25) is 11.8 Å². The summed E-state index contributed by atoms with van der Waals surface area (Å²) in [5.41, 5.74) is 2.76. The van der Waals surface area contributed by atoms with E-state index in [4.69, 9.17) is 5.26 Å². The summed E-state index contributed by atoms with van der Waals surface area (Å²) in [5.74, 6) is -0.962. The molecule has 164 valence electrons. The largest absolute Gasteiger partial charge is 0.329 e. The average molecular weight is 437 g/mol. The third-order valence-corrected chi connectivity index (χ3v) is 5.76. The molecule has 33 heavy (non-hydrogen) atoms. The van der Waals surface area contributed by atoms with Gasteiger partial charge in [-0.2, -0.15) is 5.26 Å². The number of carbonyl (C=O) groups excluding carboxylic acids is 3. The number of hydrogen-bond acceptors (Lipinski definition) is 4. The molecule has 3 aromatic carbocycles. The van der Waals surface area contributed by atoms with Crippen molar-refractivity contribution in [2.45, 2.75) is 25.3 Å². The van der Waals surface area contributed by atoms with Gasteiger partial charge in [-0.05, 0) is 41.8 Å². The molecule has 0 bridgehead atoms. The molecule has 1 aliphatic heterocycles. The minimum absolute atomic E-state index is 0.0614. The molecule has 0 N–H and O–H groups in total. The van der Waals surface area contributed by atoms with Gasteiger partial charge in [0.15, 0.2) is 0 Å². The van der Waals surface area contributed by atoms with Crippen LogP contribution in [0.5, 0.6) is 0 Å². The second kappa shape index (κ2) is 9.92. The first-order valence-corrected chi connectivity index (χ1v) is 10.8. The zero-order chi connectivity index (χ0) is 23.2. The smallest absolute Gasteiger partial charge is 0.257 e. The van der Waals surface area contributed by atoms with E-state index in [0.29, 0.717) is 24.2 Å². The highest BCUT2D eigenvalue weighted by Crippen LogP contribution is 2.27. The van der Waals surface area contributed by atoms with Gasteiger partial charge in [-0.3, -0.25) is 14.4 Å². The van der Waals surface area contributed by atoms with E-state index in [-0.39, 0.29) is 24.7 Å². The summed E-state index contributed by atoms with van der Waals surface area (Å²) in [6.07, 6.45) is 0.675. The van der Waals surface area contributed by atoms with E-state index >= 15 is 0 Å². The molecule has 0 saturated carbocycles. The van der Waals surface area contributed by atoms with E-state index in [1.165, 1.54) is 0 Å². The molecule has 1 heterocycles. The third-order valence-electron chi connectivity index (χ3n) is 5.76. The van der Waals surface area contributed by atoms with E-state index in [0.717, 1.165) is 16.0 Å². The van der Waals surface area contributed by atoms with Gasteiger partial charge in [0, 0.05) is 6.54 Å². The molecular weight excluding hydrogens is 414 g/mol. The topological polar surface area (TPSA) is 81.5 Å². The Morgan fingerprint density at radius 1 is 0.909 bits per heavy atom. The molecule has 0 spiro atoms. The molecule has 0 aromatic heterocycles. The van der Waals surface area contributed by atoms with Crippen LogP contribution in [0, 0.1) is 11.3 Å². The van der Waals surface area contributed by atoms with Crippen molar-refractivity contribution in [1.82, 2.24) is 4.90 Å². The molecule has 3 aromatic rings. The quantitative estimate of drug-likeness (QED) is 0.530. The molecule has 3 amide bonds. The first-order chi connectivity index (χ1) is 16.1. The van der Waals surface area contributed by atoms with Crippen molar-refractivity contribution < 1.29 is 14.4 Å². The van der Waals surface area contributed by atoms with Gasteiger partial charge in [0.1, 0.15) is 6.04 Å². The average Bonchev–Trinajstić information content (AvgIpc) is 3.14. The maximum absolute atomic E-state index is 13.3. The van der Waals surface area contributed by atoms with E-state index in [9.17, 15) is 14.4 Å². The number of hydrogen-bond donors (Lipinski definition) is 0. The Bertz CT molecular complexity index is 1180. The van der Waals surface area contributed by atoms with E-state index in [2.05, 4.69) is 0 Å². The van der Waals surface area contributed by atoms with Crippen LogP contribution in [0.4, 0.5) is 5.69 Å². The molecular formula is C27H23N3O3. The highest BCUT2D eigenvalue weighted by atomic mass is 16.2. The molecule has 1 aliphatic rings. The van der Waals surface area contributed by atoms with Crippen molar-refractivity contribution in [3.05, 3.63) is 102 Å². The van der Waals surface area contributed by atoms with Crippen LogP contribution in [0.1, 0.15) is 23.1 Å². The van der Waals surface area contributed by atoms with Gasteiger partial charge in [0.25, 0.3) is 5.91 Å². The molecule has 1 fully saturated rings. The second-order valence-corrected chi connectivity index (χ2v) is 7.93. The van der Waals surface area contributed by atoms with E-state index in [1.807, 2.05) is 66.7 Å². The number of rotatable bonds is 7. The number of nitrogens with zero attached hydrogens (tertiary/aromatic N) is 3. The summed E-state index contributed by atoms with van der Waals surface area (Å²) in [6, 6.07) is 26.6. The van der Waals surface area contributed by atoms with E-state index in [1.54, 1.807) is 29.2 Å². The molecule has 6 nitrogen and oxygen atoms in total. The highest BCUT2D eigenvalue weighted by molar-refractivity contribution is 6.23. The summed E-state index contributed by atoms with van der Waals surface area (Å²) in [7, 11) is 0. The van der Waals surface area contributed by atoms with Gasteiger partial charge >= 0.3 is 0 Å². The summed E-state index contributed by atoms with van der Waals surface area (Å²) in [5, 5.41) is 9.01. The van der Waals surface area contributed by atoms with Crippen LogP contribution in [-0.4, -0.2) is 35.2 Å². The van der Waals surface area contributed by atoms with Crippen LogP contribution in [0.3, 0.4) is 0 Å². The normalized spacial score (nSPS) is 15.4. The lowest BCUT2D eigenvalue weighted by Crippen LogP contribution is -2.47. The summed E-state index contributed by atoms with van der Waals surface area (Å²) in [6.45, 7) is 0.334. The van der Waals surface area contributed by atoms with Gasteiger partial charge in [-0.1, -0.05) is 60.7 Å². The van der Waals surface area contributed by atoms with Crippen molar-refractivity contribution >= 4 is 23.4 Å². The van der Waals surface area contributed by atoms with Crippen molar-refractivity contribution in [2.24, 2.45) is 0 Å². The third kappa shape index (κ3) is 4.99. The minimum atomic E-state index is -0.854. The Kier molecular flexibility index (Phi) is 6.61. The lowest BCUT2D eigenvalue weighted by atomic mass is 10.1. The molecule has 6 heteroatoms. The highest BCUT2D eigenvalue weighted by Gasteiger charge is 2.44. The number of amides is 3. The van der Waals surface area contributed by atoms with Crippen LogP contribution in [0.25, 0.3) is 0 Å². The SMILES string of the molecule is N#Cc1ccc(N2C(=O)CC(N(CCc3ccccc3)C(=O)Cc3ccccc3)C2=O)cc1. The van der Waals surface area contributed by atoms with Crippen molar-refractivity contribution in [2.75, 3.05) is 11.4 Å². The second-order valence-electron chi connectivity index (χ2n) is 7.93. The molecule has 0 aliphatic carbocycles. The predicted molar refractivity (Wildman–Crippen MR) is 124 cm³/mol. The summed E-state index contributed by atoms with van der Waals surface area (Å²) < 4.78 is 0. The summed E-state index contributed by atoms with van der Waals surface area (Å²) in [4.78, 5) is 42.1. The maximum atomic E-state index is 13.3. The van der Waals surface area contributed by atoms with Gasteiger partial charge in [-0.25, -0.2) is 4.90 Å². The maximum Gasteiger partial charge on any atom is 0.257 e. The number of imide groups is 1. The Balaban J connectivity index is 1.58. The van der Waals surface area contributed by atoms with Crippen molar-refractivity contribution in [1.29, 1.82) is 5.26 Å². The van der Waals surface area contributed by atoms with Crippen LogP contribution in [-0.2, 0) is 27.2 Å². The zero-order valence-corrected chi connectivity index (χ0v) is 18.1. The first kappa shape index (κ1) is 22.0. The molecule has 1 saturated heterocycles. The Hall–Kier alpha value is -4.24. The van der Waals surface area contributed by atoms with Gasteiger partial charge in [-0.15, -0.1) is 0 Å².